The molecule has 142 valence electrons. The summed E-state index contributed by atoms with van der Waals surface area (Å²) in [6.07, 6.45) is 9.10. The number of unbranched alkanes of at least 4 members (excludes halogenated alkanes) is 2. The molecule has 2 rings (SSSR count). The predicted octanol–water partition coefficient (Wildman–Crippen LogP) is 6.90. The van der Waals surface area contributed by atoms with Gasteiger partial charge in [0.25, 0.3) is 0 Å². The monoisotopic (exact) mass is 348 g/mol. The van der Waals surface area contributed by atoms with Crippen molar-refractivity contribution in [2.75, 3.05) is 6.61 Å². The Hall–Kier alpha value is -0.250. The standard InChI is InChI=1S/C20H35F3O/c1-2-3-4-15-24-19-11-9-18(10-12-19)17-7-5-16(6-8-17)13-14-20(21,22)23/h16-19H,2-15H2,1H3. The maximum atomic E-state index is 12.3. The molecule has 0 unspecified atom stereocenters. The molecule has 1 nitrogen and oxygen atoms in total. The summed E-state index contributed by atoms with van der Waals surface area (Å²) in [5.74, 6) is 1.86. The van der Waals surface area contributed by atoms with Crippen LogP contribution in [0.5, 0.6) is 0 Å². The zero-order valence-corrected chi connectivity index (χ0v) is 15.3. The average molecular weight is 348 g/mol. The van der Waals surface area contributed by atoms with E-state index in [0.29, 0.717) is 18.4 Å². The van der Waals surface area contributed by atoms with Gasteiger partial charge in [-0.1, -0.05) is 32.6 Å². The van der Waals surface area contributed by atoms with E-state index in [9.17, 15) is 13.2 Å². The van der Waals surface area contributed by atoms with Crippen LogP contribution in [0.4, 0.5) is 13.2 Å². The number of hydrogen-bond acceptors (Lipinski definition) is 1. The molecular formula is C20H35F3O. The highest BCUT2D eigenvalue weighted by atomic mass is 19.4. The molecule has 0 aliphatic heterocycles. The van der Waals surface area contributed by atoms with Crippen LogP contribution in [0.15, 0.2) is 0 Å². The van der Waals surface area contributed by atoms with E-state index in [1.807, 2.05) is 0 Å². The predicted molar refractivity (Wildman–Crippen MR) is 92.0 cm³/mol. The molecule has 2 aliphatic rings. The summed E-state index contributed by atoms with van der Waals surface area (Å²) >= 11 is 0. The van der Waals surface area contributed by atoms with Crippen LogP contribution in [0.2, 0.25) is 0 Å². The van der Waals surface area contributed by atoms with Gasteiger partial charge in [-0.25, -0.2) is 0 Å². The van der Waals surface area contributed by atoms with Gasteiger partial charge in [0, 0.05) is 13.0 Å². The Kier molecular flexibility index (Phi) is 8.39. The molecule has 2 fully saturated rings. The van der Waals surface area contributed by atoms with Crippen LogP contribution in [-0.2, 0) is 4.74 Å². The molecule has 0 N–H and O–H groups in total. The number of rotatable bonds is 8. The lowest BCUT2D eigenvalue weighted by atomic mass is 9.70. The third-order valence-electron chi connectivity index (χ3n) is 6.21. The van der Waals surface area contributed by atoms with E-state index in [-0.39, 0.29) is 0 Å². The first kappa shape index (κ1) is 20.1. The summed E-state index contributed by atoms with van der Waals surface area (Å²) in [5.41, 5.74) is 0. The van der Waals surface area contributed by atoms with Crippen molar-refractivity contribution in [3.8, 4) is 0 Å². The van der Waals surface area contributed by atoms with E-state index in [1.165, 1.54) is 44.9 Å². The molecule has 0 aromatic rings. The van der Waals surface area contributed by atoms with Crippen molar-refractivity contribution in [2.24, 2.45) is 17.8 Å². The first-order valence-corrected chi connectivity index (χ1v) is 10.2. The smallest absolute Gasteiger partial charge is 0.378 e. The average Bonchev–Trinajstić information content (AvgIpc) is 2.57. The molecule has 0 heterocycles. The van der Waals surface area contributed by atoms with E-state index in [0.717, 1.165) is 44.1 Å². The van der Waals surface area contributed by atoms with E-state index in [1.54, 1.807) is 0 Å². The molecule has 0 atom stereocenters. The summed E-state index contributed by atoms with van der Waals surface area (Å²) in [6.45, 7) is 3.12. The summed E-state index contributed by atoms with van der Waals surface area (Å²) in [4.78, 5) is 0. The van der Waals surface area contributed by atoms with Crippen LogP contribution in [-0.4, -0.2) is 18.9 Å². The number of ether oxygens (including phenoxy) is 1. The molecule has 0 bridgehead atoms. The normalized spacial score (nSPS) is 32.0. The Morgan fingerprint density at radius 2 is 1.42 bits per heavy atom. The molecule has 0 aromatic carbocycles. The van der Waals surface area contributed by atoms with Gasteiger partial charge in [-0.05, 0) is 69.1 Å². The van der Waals surface area contributed by atoms with E-state index < -0.39 is 12.6 Å². The highest BCUT2D eigenvalue weighted by molar-refractivity contribution is 4.82. The van der Waals surface area contributed by atoms with Gasteiger partial charge in [-0.3, -0.25) is 0 Å². The topological polar surface area (TPSA) is 9.23 Å². The van der Waals surface area contributed by atoms with Gasteiger partial charge in [0.1, 0.15) is 0 Å². The second-order valence-electron chi connectivity index (χ2n) is 8.05. The zero-order chi connectivity index (χ0) is 17.4. The molecule has 24 heavy (non-hydrogen) atoms. The molecule has 2 saturated carbocycles. The van der Waals surface area contributed by atoms with E-state index in [4.69, 9.17) is 4.74 Å². The van der Waals surface area contributed by atoms with Gasteiger partial charge in [-0.2, -0.15) is 13.2 Å². The molecule has 0 spiro atoms. The van der Waals surface area contributed by atoms with Gasteiger partial charge in [0.15, 0.2) is 0 Å². The van der Waals surface area contributed by atoms with Gasteiger partial charge in [-0.15, -0.1) is 0 Å². The van der Waals surface area contributed by atoms with Crippen LogP contribution in [0.3, 0.4) is 0 Å². The van der Waals surface area contributed by atoms with Crippen LogP contribution >= 0.6 is 0 Å². The minimum atomic E-state index is -3.98. The van der Waals surface area contributed by atoms with Crippen molar-refractivity contribution in [3.63, 3.8) is 0 Å². The van der Waals surface area contributed by atoms with Gasteiger partial charge < -0.3 is 4.74 Å². The lowest BCUT2D eigenvalue weighted by Crippen LogP contribution is -2.29. The third kappa shape index (κ3) is 7.33. The fourth-order valence-corrected chi connectivity index (χ4v) is 4.64. The second kappa shape index (κ2) is 10.0. The first-order valence-electron chi connectivity index (χ1n) is 10.2. The highest BCUT2D eigenvalue weighted by Gasteiger charge is 2.33. The van der Waals surface area contributed by atoms with E-state index >= 15 is 0 Å². The Morgan fingerprint density at radius 1 is 0.833 bits per heavy atom. The van der Waals surface area contributed by atoms with Gasteiger partial charge >= 0.3 is 6.18 Å². The third-order valence-corrected chi connectivity index (χ3v) is 6.21. The van der Waals surface area contributed by atoms with E-state index in [2.05, 4.69) is 6.92 Å². The molecule has 0 radical (unpaired) electrons. The first-order chi connectivity index (χ1) is 11.5. The summed E-state index contributed by atoms with van der Waals surface area (Å²) in [7, 11) is 0. The Labute approximate surface area is 145 Å². The second-order valence-corrected chi connectivity index (χ2v) is 8.05. The van der Waals surface area contributed by atoms with Crippen molar-refractivity contribution in [1.82, 2.24) is 0 Å². The van der Waals surface area contributed by atoms with Crippen molar-refractivity contribution in [3.05, 3.63) is 0 Å². The fraction of sp³-hybridized carbons (Fsp3) is 1.00. The lowest BCUT2D eigenvalue weighted by Gasteiger charge is -2.38. The fourth-order valence-electron chi connectivity index (χ4n) is 4.64. The van der Waals surface area contributed by atoms with Crippen molar-refractivity contribution in [1.29, 1.82) is 0 Å². The minimum absolute atomic E-state index is 0.307. The Balaban J connectivity index is 1.58. The van der Waals surface area contributed by atoms with Gasteiger partial charge in [0.05, 0.1) is 6.10 Å². The van der Waals surface area contributed by atoms with Crippen molar-refractivity contribution >= 4 is 0 Å². The lowest BCUT2D eigenvalue weighted by molar-refractivity contribution is -0.138. The number of hydrogen-bond donors (Lipinski definition) is 0. The quantitative estimate of drug-likeness (QED) is 0.433. The summed E-state index contributed by atoms with van der Waals surface area (Å²) in [5, 5.41) is 0. The summed E-state index contributed by atoms with van der Waals surface area (Å²) < 4.78 is 43.0. The maximum absolute atomic E-state index is 12.3. The van der Waals surface area contributed by atoms with Crippen molar-refractivity contribution in [2.45, 2.75) is 103 Å². The zero-order valence-electron chi connectivity index (χ0n) is 15.3. The Bertz CT molecular complexity index is 326. The summed E-state index contributed by atoms with van der Waals surface area (Å²) in [6, 6.07) is 0. The Morgan fingerprint density at radius 3 is 1.96 bits per heavy atom. The van der Waals surface area contributed by atoms with Crippen LogP contribution < -0.4 is 0 Å². The molecule has 0 saturated heterocycles. The number of halogens is 3. The van der Waals surface area contributed by atoms with Gasteiger partial charge in [0.2, 0.25) is 0 Å². The minimum Gasteiger partial charge on any atom is -0.378 e. The van der Waals surface area contributed by atoms with Crippen molar-refractivity contribution < 1.29 is 17.9 Å². The molecule has 4 heteroatoms. The SMILES string of the molecule is CCCCCOC1CCC(C2CCC(CCC(F)(F)F)CC2)CC1. The molecular weight excluding hydrogens is 313 g/mol. The van der Waals surface area contributed by atoms with Crippen LogP contribution in [0, 0.1) is 17.8 Å². The molecule has 0 aromatic heterocycles. The largest absolute Gasteiger partial charge is 0.389 e. The maximum Gasteiger partial charge on any atom is 0.389 e. The number of alkyl halides is 3. The highest BCUT2D eigenvalue weighted by Crippen LogP contribution is 2.42. The molecule has 2 aliphatic carbocycles. The van der Waals surface area contributed by atoms with Crippen LogP contribution in [0.25, 0.3) is 0 Å². The van der Waals surface area contributed by atoms with Crippen LogP contribution in [0.1, 0.15) is 90.4 Å². The molecule has 0 amide bonds.